The molecule has 0 saturated carbocycles. The molecular formula is C23H22F2N2O3. The number of nitrogens with zero attached hydrogens (tertiary/aromatic N) is 2. The molecule has 0 aromatic heterocycles. The van der Waals surface area contributed by atoms with Gasteiger partial charge in [0.05, 0.1) is 12.1 Å². The lowest BCUT2D eigenvalue weighted by atomic mass is 9.97. The van der Waals surface area contributed by atoms with Crippen LogP contribution in [0.5, 0.6) is 0 Å². The quantitative estimate of drug-likeness (QED) is 0.768. The number of piperidine rings is 1. The molecule has 2 aliphatic heterocycles. The number of halogens is 2. The Balaban J connectivity index is 1.74. The number of rotatable bonds is 5. The zero-order chi connectivity index (χ0) is 21.3. The lowest BCUT2D eigenvalue weighted by Gasteiger charge is -2.34. The fraction of sp³-hybridized carbons (Fsp3) is 0.304. The van der Waals surface area contributed by atoms with E-state index in [4.69, 9.17) is 0 Å². The van der Waals surface area contributed by atoms with E-state index < -0.39 is 23.4 Å². The summed E-state index contributed by atoms with van der Waals surface area (Å²) in [6.07, 6.45) is 1.62. The van der Waals surface area contributed by atoms with Crippen LogP contribution in [0.2, 0.25) is 0 Å². The second-order valence-corrected chi connectivity index (χ2v) is 7.66. The Kier molecular flexibility index (Phi) is 5.63. The maximum absolute atomic E-state index is 14.2. The minimum absolute atomic E-state index is 0.00323. The largest absolute Gasteiger partial charge is 0.396 e. The number of carbonyl (C=O) groups excluding carboxylic acids is 2. The molecule has 0 radical (unpaired) electrons. The van der Waals surface area contributed by atoms with Crippen LogP contribution in [-0.4, -0.2) is 46.4 Å². The van der Waals surface area contributed by atoms with Gasteiger partial charge in [-0.05, 0) is 42.5 Å². The number of aliphatic hydroxyl groups excluding tert-OH is 1. The zero-order valence-corrected chi connectivity index (χ0v) is 16.4. The van der Waals surface area contributed by atoms with E-state index in [1.807, 2.05) is 4.90 Å². The minimum atomic E-state index is -0.531. The maximum atomic E-state index is 14.2. The predicted molar refractivity (Wildman–Crippen MR) is 107 cm³/mol. The Labute approximate surface area is 173 Å². The SMILES string of the molecule is O=C1C(c2ccc(F)cc2)=C(N2CCCC(CO)C2)C(=O)N1Cc1ccccc1F. The first kappa shape index (κ1) is 20.2. The van der Waals surface area contributed by atoms with Gasteiger partial charge in [0.1, 0.15) is 17.3 Å². The van der Waals surface area contributed by atoms with Crippen molar-refractivity contribution in [1.29, 1.82) is 0 Å². The van der Waals surface area contributed by atoms with E-state index in [0.29, 0.717) is 18.7 Å². The van der Waals surface area contributed by atoms with Crippen LogP contribution in [0.4, 0.5) is 8.78 Å². The monoisotopic (exact) mass is 412 g/mol. The first-order chi connectivity index (χ1) is 14.5. The maximum Gasteiger partial charge on any atom is 0.278 e. The van der Waals surface area contributed by atoms with Crippen LogP contribution in [0.3, 0.4) is 0 Å². The molecular weight excluding hydrogens is 390 g/mol. The van der Waals surface area contributed by atoms with E-state index in [0.717, 1.165) is 17.7 Å². The van der Waals surface area contributed by atoms with Crippen LogP contribution in [0, 0.1) is 17.6 Å². The smallest absolute Gasteiger partial charge is 0.278 e. The highest BCUT2D eigenvalue weighted by Gasteiger charge is 2.42. The van der Waals surface area contributed by atoms with Crippen molar-refractivity contribution in [2.24, 2.45) is 5.92 Å². The molecule has 2 aromatic carbocycles. The molecule has 0 spiro atoms. The van der Waals surface area contributed by atoms with Crippen LogP contribution in [0.25, 0.3) is 5.57 Å². The van der Waals surface area contributed by atoms with Crippen molar-refractivity contribution in [1.82, 2.24) is 9.80 Å². The van der Waals surface area contributed by atoms with Crippen molar-refractivity contribution < 1.29 is 23.5 Å². The number of carbonyl (C=O) groups is 2. The van der Waals surface area contributed by atoms with Gasteiger partial charge in [-0.2, -0.15) is 0 Å². The number of hydrogen-bond acceptors (Lipinski definition) is 4. The predicted octanol–water partition coefficient (Wildman–Crippen LogP) is 2.95. The van der Waals surface area contributed by atoms with E-state index in [-0.39, 0.29) is 35.9 Å². The molecule has 156 valence electrons. The van der Waals surface area contributed by atoms with Crippen LogP contribution in [0.1, 0.15) is 24.0 Å². The van der Waals surface area contributed by atoms with Gasteiger partial charge in [0.25, 0.3) is 11.8 Å². The van der Waals surface area contributed by atoms with Crippen molar-refractivity contribution in [3.63, 3.8) is 0 Å². The Hall–Kier alpha value is -3.06. The summed E-state index contributed by atoms with van der Waals surface area (Å²) >= 11 is 0. The highest BCUT2D eigenvalue weighted by atomic mass is 19.1. The van der Waals surface area contributed by atoms with Gasteiger partial charge in [0.2, 0.25) is 0 Å². The lowest BCUT2D eigenvalue weighted by Crippen LogP contribution is -2.40. The summed E-state index contributed by atoms with van der Waals surface area (Å²) in [4.78, 5) is 29.5. The molecule has 1 unspecified atom stereocenters. The van der Waals surface area contributed by atoms with Crippen molar-refractivity contribution >= 4 is 17.4 Å². The second-order valence-electron chi connectivity index (χ2n) is 7.66. The van der Waals surface area contributed by atoms with Gasteiger partial charge in [-0.25, -0.2) is 8.78 Å². The van der Waals surface area contributed by atoms with Gasteiger partial charge in [0.15, 0.2) is 0 Å². The van der Waals surface area contributed by atoms with Gasteiger partial charge in [0, 0.05) is 25.3 Å². The van der Waals surface area contributed by atoms with E-state index >= 15 is 0 Å². The number of likely N-dealkylation sites (tertiary alicyclic amines) is 1. The van der Waals surface area contributed by atoms with Gasteiger partial charge < -0.3 is 10.0 Å². The molecule has 1 fully saturated rings. The van der Waals surface area contributed by atoms with Gasteiger partial charge in [-0.15, -0.1) is 0 Å². The molecule has 2 heterocycles. The van der Waals surface area contributed by atoms with E-state index in [9.17, 15) is 23.5 Å². The summed E-state index contributed by atoms with van der Waals surface area (Å²) in [6.45, 7) is 0.832. The van der Waals surface area contributed by atoms with Crippen molar-refractivity contribution in [2.75, 3.05) is 19.7 Å². The summed E-state index contributed by atoms with van der Waals surface area (Å²) in [6, 6.07) is 11.4. The summed E-state index contributed by atoms with van der Waals surface area (Å²) in [5, 5.41) is 9.57. The zero-order valence-electron chi connectivity index (χ0n) is 16.4. The minimum Gasteiger partial charge on any atom is -0.396 e. The fourth-order valence-electron chi connectivity index (χ4n) is 4.09. The highest BCUT2D eigenvalue weighted by Crippen LogP contribution is 2.35. The number of benzene rings is 2. The Bertz CT molecular complexity index is 1000. The topological polar surface area (TPSA) is 60.9 Å². The van der Waals surface area contributed by atoms with E-state index in [1.165, 1.54) is 36.4 Å². The fourth-order valence-corrected chi connectivity index (χ4v) is 4.09. The average molecular weight is 412 g/mol. The number of imide groups is 1. The summed E-state index contributed by atoms with van der Waals surface area (Å²) in [5.74, 6) is -1.96. The molecule has 2 amide bonds. The standard InChI is InChI=1S/C23H22F2N2O3/c24-18-9-7-16(8-10-18)20-21(26-11-3-4-15(12-26)14-28)23(30)27(22(20)29)13-17-5-1-2-6-19(17)25/h1-2,5-10,15,28H,3-4,11-14H2. The van der Waals surface area contributed by atoms with Crippen LogP contribution in [-0.2, 0) is 16.1 Å². The molecule has 0 aliphatic carbocycles. The van der Waals surface area contributed by atoms with Crippen molar-refractivity contribution in [3.8, 4) is 0 Å². The number of aliphatic hydroxyl groups is 1. The molecule has 1 N–H and O–H groups in total. The number of hydrogen-bond donors (Lipinski definition) is 1. The summed E-state index contributed by atoms with van der Waals surface area (Å²) < 4.78 is 27.6. The highest BCUT2D eigenvalue weighted by molar-refractivity contribution is 6.35. The molecule has 2 aromatic rings. The first-order valence-electron chi connectivity index (χ1n) is 9.95. The molecule has 5 nitrogen and oxygen atoms in total. The Morgan fingerprint density at radius 2 is 1.73 bits per heavy atom. The third-order valence-corrected chi connectivity index (χ3v) is 5.66. The third-order valence-electron chi connectivity index (χ3n) is 5.66. The first-order valence-corrected chi connectivity index (χ1v) is 9.95. The normalized spacial score (nSPS) is 19.8. The summed E-state index contributed by atoms with van der Waals surface area (Å²) in [7, 11) is 0. The van der Waals surface area contributed by atoms with E-state index in [2.05, 4.69) is 0 Å². The van der Waals surface area contributed by atoms with Gasteiger partial charge in [-0.3, -0.25) is 14.5 Å². The molecule has 0 bridgehead atoms. The Morgan fingerprint density at radius 1 is 1.00 bits per heavy atom. The molecule has 1 atom stereocenters. The molecule has 30 heavy (non-hydrogen) atoms. The molecule has 4 rings (SSSR count). The van der Waals surface area contributed by atoms with E-state index in [1.54, 1.807) is 12.1 Å². The van der Waals surface area contributed by atoms with Crippen LogP contribution < -0.4 is 0 Å². The van der Waals surface area contributed by atoms with Crippen molar-refractivity contribution in [2.45, 2.75) is 19.4 Å². The summed E-state index contributed by atoms with van der Waals surface area (Å²) in [5.41, 5.74) is 1.11. The van der Waals surface area contributed by atoms with Gasteiger partial charge >= 0.3 is 0 Å². The lowest BCUT2D eigenvalue weighted by molar-refractivity contribution is -0.138. The molecule has 2 aliphatic rings. The number of amides is 2. The average Bonchev–Trinajstić information content (AvgIpc) is 3.00. The molecule has 7 heteroatoms. The van der Waals surface area contributed by atoms with Crippen LogP contribution >= 0.6 is 0 Å². The third kappa shape index (κ3) is 3.73. The van der Waals surface area contributed by atoms with Crippen molar-refractivity contribution in [3.05, 3.63) is 77.0 Å². The van der Waals surface area contributed by atoms with Crippen LogP contribution in [0.15, 0.2) is 54.2 Å². The van der Waals surface area contributed by atoms with Gasteiger partial charge in [-0.1, -0.05) is 30.3 Å². The molecule has 1 saturated heterocycles. The second kappa shape index (κ2) is 8.36. The Morgan fingerprint density at radius 3 is 2.43 bits per heavy atom.